The fraction of sp³-hybridized carbons (Fsp3) is 0.857. The molecule has 0 aromatic heterocycles. The lowest BCUT2D eigenvalue weighted by Gasteiger charge is -2.22. The number of alkyl halides is 2. The van der Waals surface area contributed by atoms with Gasteiger partial charge in [-0.15, -0.1) is 0 Å². The third kappa shape index (κ3) is 1.72. The molecule has 1 aliphatic heterocycles. The van der Waals surface area contributed by atoms with Crippen molar-refractivity contribution in [3.8, 4) is 0 Å². The zero-order valence-electron chi connectivity index (χ0n) is 6.54. The van der Waals surface area contributed by atoms with Crippen molar-refractivity contribution in [2.75, 3.05) is 13.2 Å². The second-order valence-corrected chi connectivity index (χ2v) is 2.81. The summed E-state index contributed by atoms with van der Waals surface area (Å²) in [6.07, 6.45) is -1.63. The van der Waals surface area contributed by atoms with Gasteiger partial charge >= 0.3 is 6.43 Å². The fourth-order valence-corrected chi connectivity index (χ4v) is 1.44. The van der Waals surface area contributed by atoms with Gasteiger partial charge in [0.05, 0.1) is 12.6 Å². The normalized spacial score (nSPS) is 23.7. The maximum atomic E-state index is 11.9. The summed E-state index contributed by atoms with van der Waals surface area (Å²) >= 11 is 0. The average molecular weight is 179 g/mol. The van der Waals surface area contributed by atoms with Crippen LogP contribution in [-0.4, -0.2) is 41.5 Å². The fourth-order valence-electron chi connectivity index (χ4n) is 1.44. The molecule has 0 saturated carbocycles. The van der Waals surface area contributed by atoms with Gasteiger partial charge in [-0.05, 0) is 12.8 Å². The number of carbonyl (C=O) groups is 1. The highest BCUT2D eigenvalue weighted by atomic mass is 19.3. The van der Waals surface area contributed by atoms with E-state index in [1.54, 1.807) is 0 Å². The van der Waals surface area contributed by atoms with Crippen LogP contribution in [0.25, 0.3) is 0 Å². The number of aliphatic hydroxyl groups excluding tert-OH is 1. The Labute approximate surface area is 69.0 Å². The molecule has 1 N–H and O–H groups in total. The Hall–Kier alpha value is -0.710. The van der Waals surface area contributed by atoms with Crippen molar-refractivity contribution in [2.45, 2.75) is 25.3 Å². The lowest BCUT2D eigenvalue weighted by atomic mass is 10.2. The summed E-state index contributed by atoms with van der Waals surface area (Å²) in [6, 6.07) is -0.397. The molecule has 1 fully saturated rings. The predicted octanol–water partition coefficient (Wildman–Crippen LogP) is 0.235. The highest BCUT2D eigenvalue weighted by Gasteiger charge is 2.32. The van der Waals surface area contributed by atoms with Crippen molar-refractivity contribution < 1.29 is 18.7 Å². The van der Waals surface area contributed by atoms with Crippen LogP contribution in [0.4, 0.5) is 8.78 Å². The third-order valence-corrected chi connectivity index (χ3v) is 2.06. The first-order valence-electron chi connectivity index (χ1n) is 3.86. The highest BCUT2D eigenvalue weighted by molar-refractivity contribution is 5.79. The van der Waals surface area contributed by atoms with E-state index in [0.717, 1.165) is 4.90 Å². The van der Waals surface area contributed by atoms with Crippen molar-refractivity contribution in [1.29, 1.82) is 0 Å². The van der Waals surface area contributed by atoms with E-state index in [2.05, 4.69) is 0 Å². The van der Waals surface area contributed by atoms with Crippen LogP contribution in [0.2, 0.25) is 0 Å². The second kappa shape index (κ2) is 3.80. The Morgan fingerprint density at radius 2 is 2.33 bits per heavy atom. The number of rotatable bonds is 2. The second-order valence-electron chi connectivity index (χ2n) is 2.81. The third-order valence-electron chi connectivity index (χ3n) is 2.06. The largest absolute Gasteiger partial charge is 0.394 e. The van der Waals surface area contributed by atoms with Crippen molar-refractivity contribution in [3.05, 3.63) is 0 Å². The van der Waals surface area contributed by atoms with Crippen LogP contribution in [0.15, 0.2) is 0 Å². The van der Waals surface area contributed by atoms with E-state index in [1.165, 1.54) is 0 Å². The smallest absolute Gasteiger partial charge is 0.315 e. The van der Waals surface area contributed by atoms with Gasteiger partial charge < -0.3 is 10.0 Å². The summed E-state index contributed by atoms with van der Waals surface area (Å²) in [5, 5.41) is 8.73. The Kier molecular flexibility index (Phi) is 2.97. The molecule has 70 valence electrons. The predicted molar refractivity (Wildman–Crippen MR) is 37.8 cm³/mol. The number of halogens is 2. The van der Waals surface area contributed by atoms with Crippen LogP contribution in [0.3, 0.4) is 0 Å². The molecule has 1 amide bonds. The Balaban J connectivity index is 2.55. The standard InChI is InChI=1S/C7H11F2NO2/c8-6(9)7(12)10-3-1-2-5(10)4-11/h5-6,11H,1-4H2/t5-/m1/s1. The molecule has 0 aromatic rings. The van der Waals surface area contributed by atoms with Gasteiger partial charge in [0.15, 0.2) is 0 Å². The Bertz CT molecular complexity index is 175. The number of hydrogen-bond acceptors (Lipinski definition) is 2. The molecule has 12 heavy (non-hydrogen) atoms. The van der Waals surface area contributed by atoms with Crippen LogP contribution in [0.5, 0.6) is 0 Å². The minimum Gasteiger partial charge on any atom is -0.394 e. The summed E-state index contributed by atoms with van der Waals surface area (Å²) < 4.78 is 23.8. The Morgan fingerprint density at radius 3 is 2.83 bits per heavy atom. The monoisotopic (exact) mass is 179 g/mol. The highest BCUT2D eigenvalue weighted by Crippen LogP contribution is 2.18. The molecule has 1 rings (SSSR count). The van der Waals surface area contributed by atoms with Gasteiger partial charge in [0.2, 0.25) is 0 Å². The molecule has 0 radical (unpaired) electrons. The number of hydrogen-bond donors (Lipinski definition) is 1. The molecule has 1 saturated heterocycles. The first kappa shape index (κ1) is 9.38. The molecule has 1 heterocycles. The lowest BCUT2D eigenvalue weighted by molar-refractivity contribution is -0.144. The number of aliphatic hydroxyl groups is 1. The van der Waals surface area contributed by atoms with E-state index in [1.807, 2.05) is 0 Å². The minimum absolute atomic E-state index is 0.224. The SMILES string of the molecule is O=C(C(F)F)N1CCC[C@@H]1CO. The van der Waals surface area contributed by atoms with Crippen molar-refractivity contribution in [3.63, 3.8) is 0 Å². The van der Waals surface area contributed by atoms with Crippen molar-refractivity contribution >= 4 is 5.91 Å². The summed E-state index contributed by atoms with van der Waals surface area (Å²) in [7, 11) is 0. The molecular formula is C7H11F2NO2. The Morgan fingerprint density at radius 1 is 1.67 bits per heavy atom. The van der Waals surface area contributed by atoms with E-state index < -0.39 is 18.4 Å². The van der Waals surface area contributed by atoms with Crippen LogP contribution in [-0.2, 0) is 4.79 Å². The number of nitrogens with zero attached hydrogens (tertiary/aromatic N) is 1. The first-order chi connectivity index (χ1) is 5.66. The maximum Gasteiger partial charge on any atom is 0.315 e. The van der Waals surface area contributed by atoms with Crippen LogP contribution in [0.1, 0.15) is 12.8 Å². The van der Waals surface area contributed by atoms with E-state index in [-0.39, 0.29) is 6.61 Å². The van der Waals surface area contributed by atoms with Crippen molar-refractivity contribution in [2.24, 2.45) is 0 Å². The molecular weight excluding hydrogens is 168 g/mol. The maximum absolute atomic E-state index is 11.9. The molecule has 0 aromatic carbocycles. The summed E-state index contributed by atoms with van der Waals surface area (Å²) in [4.78, 5) is 11.8. The quantitative estimate of drug-likeness (QED) is 0.659. The molecule has 3 nitrogen and oxygen atoms in total. The molecule has 0 aliphatic carbocycles. The average Bonchev–Trinajstić information content (AvgIpc) is 2.49. The van der Waals surface area contributed by atoms with E-state index in [9.17, 15) is 13.6 Å². The number of carbonyl (C=O) groups excluding carboxylic acids is 1. The summed E-state index contributed by atoms with van der Waals surface area (Å²) in [5.41, 5.74) is 0. The minimum atomic E-state index is -2.95. The van der Waals surface area contributed by atoms with Gasteiger partial charge in [-0.25, -0.2) is 0 Å². The van der Waals surface area contributed by atoms with E-state index in [0.29, 0.717) is 19.4 Å². The van der Waals surface area contributed by atoms with E-state index >= 15 is 0 Å². The van der Waals surface area contributed by atoms with Gasteiger partial charge in [0.1, 0.15) is 0 Å². The number of likely N-dealkylation sites (tertiary alicyclic amines) is 1. The summed E-state index contributed by atoms with van der Waals surface area (Å²) in [5.74, 6) is -1.16. The van der Waals surface area contributed by atoms with E-state index in [4.69, 9.17) is 5.11 Å². The molecule has 1 atom stereocenters. The van der Waals surface area contributed by atoms with Gasteiger partial charge in [-0.3, -0.25) is 4.79 Å². The molecule has 1 aliphatic rings. The lowest BCUT2D eigenvalue weighted by Crippen LogP contribution is -2.40. The van der Waals surface area contributed by atoms with Gasteiger partial charge in [0.25, 0.3) is 5.91 Å². The zero-order chi connectivity index (χ0) is 9.14. The number of amides is 1. The van der Waals surface area contributed by atoms with Crippen LogP contribution < -0.4 is 0 Å². The molecule has 0 unspecified atom stereocenters. The van der Waals surface area contributed by atoms with Gasteiger partial charge in [-0.1, -0.05) is 0 Å². The van der Waals surface area contributed by atoms with Crippen molar-refractivity contribution in [1.82, 2.24) is 4.90 Å². The van der Waals surface area contributed by atoms with Gasteiger partial charge in [-0.2, -0.15) is 8.78 Å². The summed E-state index contributed by atoms with van der Waals surface area (Å²) in [6.45, 7) is 0.118. The zero-order valence-corrected chi connectivity index (χ0v) is 6.54. The molecule has 5 heteroatoms. The van der Waals surface area contributed by atoms with Crippen LogP contribution in [0, 0.1) is 0 Å². The molecule has 0 bridgehead atoms. The van der Waals surface area contributed by atoms with Gasteiger partial charge in [0, 0.05) is 6.54 Å². The first-order valence-corrected chi connectivity index (χ1v) is 3.86. The topological polar surface area (TPSA) is 40.5 Å². The molecule has 0 spiro atoms. The van der Waals surface area contributed by atoms with Crippen LogP contribution >= 0.6 is 0 Å².